The lowest BCUT2D eigenvalue weighted by Crippen LogP contribution is -2.27. The number of aromatic amines is 1. The van der Waals surface area contributed by atoms with Crippen molar-refractivity contribution in [2.45, 2.75) is 24.3 Å². The summed E-state index contributed by atoms with van der Waals surface area (Å²) in [4.78, 5) is 10.6. The third-order valence-electron chi connectivity index (χ3n) is 2.67. The molecule has 0 aliphatic carbocycles. The first-order valence-corrected chi connectivity index (χ1v) is 7.43. The molecular formula is C11H13N5O4S. The van der Waals surface area contributed by atoms with E-state index in [0.717, 1.165) is 0 Å². The highest BCUT2D eigenvalue weighted by molar-refractivity contribution is 7.89. The van der Waals surface area contributed by atoms with Crippen molar-refractivity contribution in [2.24, 2.45) is 0 Å². The molecule has 0 bridgehead atoms. The highest BCUT2D eigenvalue weighted by Gasteiger charge is 2.20. The summed E-state index contributed by atoms with van der Waals surface area (Å²) >= 11 is 0. The number of aromatic nitrogens is 4. The van der Waals surface area contributed by atoms with E-state index in [1.165, 1.54) is 24.3 Å². The van der Waals surface area contributed by atoms with Gasteiger partial charge in [-0.2, -0.15) is 5.21 Å². The number of H-pyrrole nitrogens is 1. The molecule has 1 aromatic carbocycles. The van der Waals surface area contributed by atoms with E-state index < -0.39 is 22.0 Å². The molecule has 1 unspecified atom stereocenters. The number of tetrazole rings is 1. The lowest BCUT2D eigenvalue weighted by Gasteiger charge is -2.11. The van der Waals surface area contributed by atoms with Crippen molar-refractivity contribution in [3.63, 3.8) is 0 Å². The smallest absolute Gasteiger partial charge is 0.307 e. The Morgan fingerprint density at radius 2 is 2.05 bits per heavy atom. The normalized spacial score (nSPS) is 13.0. The average Bonchev–Trinajstić information content (AvgIpc) is 2.92. The van der Waals surface area contributed by atoms with Gasteiger partial charge < -0.3 is 5.11 Å². The summed E-state index contributed by atoms with van der Waals surface area (Å²) in [6.07, 6.45) is -0.160. The summed E-state index contributed by atoms with van der Waals surface area (Å²) in [6, 6.07) is 4.98. The van der Waals surface area contributed by atoms with Crippen LogP contribution in [0.15, 0.2) is 29.2 Å². The van der Waals surface area contributed by atoms with Crippen molar-refractivity contribution in [1.29, 1.82) is 0 Å². The van der Waals surface area contributed by atoms with Crippen LogP contribution in [0.25, 0.3) is 0 Å². The van der Waals surface area contributed by atoms with Crippen molar-refractivity contribution < 1.29 is 18.3 Å². The summed E-state index contributed by atoms with van der Waals surface area (Å²) < 4.78 is 26.7. The van der Waals surface area contributed by atoms with Gasteiger partial charge in [0.2, 0.25) is 10.0 Å². The van der Waals surface area contributed by atoms with Crippen molar-refractivity contribution in [3.05, 3.63) is 35.7 Å². The third kappa shape index (κ3) is 3.83. The molecule has 0 aliphatic heterocycles. The first-order chi connectivity index (χ1) is 9.88. The lowest BCUT2D eigenvalue weighted by molar-refractivity contribution is -0.136. The van der Waals surface area contributed by atoms with Gasteiger partial charge >= 0.3 is 5.97 Å². The predicted octanol–water partition coefficient (Wildman–Crippen LogP) is -0.134. The third-order valence-corrected chi connectivity index (χ3v) is 4.23. The minimum Gasteiger partial charge on any atom is -0.481 e. The maximum absolute atomic E-state index is 12.2. The molecule has 0 radical (unpaired) electrons. The quantitative estimate of drug-likeness (QED) is 0.675. The number of carbonyl (C=O) groups is 1. The number of nitrogens with zero attached hydrogens (tertiary/aromatic N) is 3. The number of carboxylic acid groups (broad SMARTS) is 1. The summed E-state index contributed by atoms with van der Waals surface area (Å²) in [7, 11) is -3.75. The number of sulfonamides is 1. The van der Waals surface area contributed by atoms with Crippen LogP contribution >= 0.6 is 0 Å². The number of rotatable bonds is 6. The second-order valence-corrected chi connectivity index (χ2v) is 6.04. The van der Waals surface area contributed by atoms with Gasteiger partial charge in [0.1, 0.15) is 0 Å². The highest BCUT2D eigenvalue weighted by atomic mass is 32.2. The van der Waals surface area contributed by atoms with Gasteiger partial charge in [0, 0.05) is 0 Å². The fraction of sp³-hybridized carbons (Fsp3) is 0.273. The van der Waals surface area contributed by atoms with Crippen LogP contribution in [0.1, 0.15) is 24.4 Å². The first kappa shape index (κ1) is 15.1. The monoisotopic (exact) mass is 311 g/mol. The zero-order chi connectivity index (χ0) is 15.5. The standard InChI is InChI=1S/C11H13N5O4S/c1-7(11-12-15-16-13-11)14-21(19,20)9-4-2-8(3-5-9)6-10(17)18/h2-5,7,14H,6H2,1H3,(H,17,18)(H,12,13,15,16). The van der Waals surface area contributed by atoms with E-state index in [1.807, 2.05) is 0 Å². The molecule has 0 amide bonds. The second kappa shape index (κ2) is 5.97. The molecular weight excluding hydrogens is 298 g/mol. The zero-order valence-corrected chi connectivity index (χ0v) is 11.8. The van der Waals surface area contributed by atoms with Crippen LogP contribution in [0.5, 0.6) is 0 Å². The Kier molecular flexibility index (Phi) is 4.29. The Bertz CT molecular complexity index is 712. The Morgan fingerprint density at radius 3 is 2.57 bits per heavy atom. The van der Waals surface area contributed by atoms with Crippen molar-refractivity contribution in [3.8, 4) is 0 Å². The summed E-state index contributed by atoms with van der Waals surface area (Å²) in [5.74, 6) is -0.754. The maximum Gasteiger partial charge on any atom is 0.307 e. The number of carboxylic acids is 1. The molecule has 0 saturated carbocycles. The van der Waals surface area contributed by atoms with Crippen LogP contribution in [0, 0.1) is 0 Å². The molecule has 0 fully saturated rings. The number of benzene rings is 1. The first-order valence-electron chi connectivity index (χ1n) is 5.95. The molecule has 3 N–H and O–H groups in total. The molecule has 0 aliphatic rings. The Hall–Kier alpha value is -2.33. The van der Waals surface area contributed by atoms with E-state index in [-0.39, 0.29) is 17.1 Å². The van der Waals surface area contributed by atoms with E-state index in [4.69, 9.17) is 5.11 Å². The second-order valence-electron chi connectivity index (χ2n) is 4.33. The van der Waals surface area contributed by atoms with Gasteiger partial charge in [0.05, 0.1) is 17.4 Å². The van der Waals surface area contributed by atoms with Gasteiger partial charge in [-0.3, -0.25) is 4.79 Å². The molecule has 1 aromatic heterocycles. The predicted molar refractivity (Wildman–Crippen MR) is 70.7 cm³/mol. The van der Waals surface area contributed by atoms with E-state index in [9.17, 15) is 13.2 Å². The largest absolute Gasteiger partial charge is 0.481 e. The highest BCUT2D eigenvalue weighted by Crippen LogP contribution is 2.14. The molecule has 2 rings (SSSR count). The Morgan fingerprint density at radius 1 is 1.38 bits per heavy atom. The van der Waals surface area contributed by atoms with E-state index >= 15 is 0 Å². The molecule has 0 saturated heterocycles. The summed E-state index contributed by atoms with van der Waals surface area (Å²) in [5.41, 5.74) is 0.521. The zero-order valence-electron chi connectivity index (χ0n) is 11.0. The van der Waals surface area contributed by atoms with Crippen LogP contribution in [0.2, 0.25) is 0 Å². The molecule has 112 valence electrons. The van der Waals surface area contributed by atoms with Gasteiger partial charge in [-0.15, -0.1) is 10.2 Å². The van der Waals surface area contributed by atoms with Crippen LogP contribution < -0.4 is 4.72 Å². The molecule has 0 spiro atoms. The molecule has 9 nitrogen and oxygen atoms in total. The molecule has 21 heavy (non-hydrogen) atoms. The number of hydrogen-bond acceptors (Lipinski definition) is 6. The lowest BCUT2D eigenvalue weighted by atomic mass is 10.2. The van der Waals surface area contributed by atoms with E-state index in [2.05, 4.69) is 25.3 Å². The molecule has 1 atom stereocenters. The summed E-state index contributed by atoms with van der Waals surface area (Å²) in [6.45, 7) is 1.58. The SMILES string of the molecule is CC(NS(=O)(=O)c1ccc(CC(=O)O)cc1)c1nn[nH]n1. The van der Waals surface area contributed by atoms with Gasteiger partial charge in [-0.25, -0.2) is 13.1 Å². The topological polar surface area (TPSA) is 138 Å². The van der Waals surface area contributed by atoms with Gasteiger partial charge in [0.15, 0.2) is 5.82 Å². The van der Waals surface area contributed by atoms with E-state index in [0.29, 0.717) is 5.56 Å². The van der Waals surface area contributed by atoms with Gasteiger partial charge in [-0.1, -0.05) is 17.3 Å². The number of hydrogen-bond donors (Lipinski definition) is 3. The summed E-state index contributed by atoms with van der Waals surface area (Å²) in [5, 5.41) is 21.7. The number of nitrogens with one attached hydrogen (secondary N) is 2. The fourth-order valence-electron chi connectivity index (χ4n) is 1.67. The molecule has 2 aromatic rings. The van der Waals surface area contributed by atoms with Crippen LogP contribution in [0.3, 0.4) is 0 Å². The number of aliphatic carboxylic acids is 1. The Labute approximate surface area is 120 Å². The van der Waals surface area contributed by atoms with Gasteiger partial charge in [0.25, 0.3) is 0 Å². The van der Waals surface area contributed by atoms with E-state index in [1.54, 1.807) is 6.92 Å². The fourth-order valence-corrected chi connectivity index (χ4v) is 2.87. The van der Waals surface area contributed by atoms with Crippen LogP contribution in [0.4, 0.5) is 0 Å². The van der Waals surface area contributed by atoms with Crippen molar-refractivity contribution >= 4 is 16.0 Å². The van der Waals surface area contributed by atoms with Crippen molar-refractivity contribution in [2.75, 3.05) is 0 Å². The minimum absolute atomic E-state index is 0.0342. The van der Waals surface area contributed by atoms with Crippen LogP contribution in [-0.2, 0) is 21.2 Å². The van der Waals surface area contributed by atoms with Gasteiger partial charge in [-0.05, 0) is 24.6 Å². The minimum atomic E-state index is -3.75. The maximum atomic E-state index is 12.2. The Balaban J connectivity index is 2.14. The molecule has 1 heterocycles. The van der Waals surface area contributed by atoms with Crippen molar-refractivity contribution in [1.82, 2.24) is 25.3 Å². The van der Waals surface area contributed by atoms with Crippen LogP contribution in [-0.4, -0.2) is 40.1 Å². The molecule has 10 heteroatoms. The average molecular weight is 311 g/mol.